The van der Waals surface area contributed by atoms with Gasteiger partial charge in [-0.25, -0.2) is 4.68 Å². The largest absolute Gasteiger partial charge is 0.497 e. The minimum Gasteiger partial charge on any atom is -0.497 e. The first-order valence-corrected chi connectivity index (χ1v) is 9.22. The summed E-state index contributed by atoms with van der Waals surface area (Å²) >= 11 is 0. The molecule has 0 aliphatic heterocycles. The number of aryl methyl sites for hydroxylation is 1. The summed E-state index contributed by atoms with van der Waals surface area (Å²) in [5.41, 5.74) is 3.15. The third-order valence-corrected chi connectivity index (χ3v) is 4.56. The number of carbonyl (C=O) groups excluding carboxylic acids is 1. The number of hydrogen-bond acceptors (Lipinski definition) is 3. The molecule has 0 aliphatic carbocycles. The maximum atomic E-state index is 12.4. The summed E-state index contributed by atoms with van der Waals surface area (Å²) in [6, 6.07) is 17.8. The molecule has 3 rings (SSSR count). The highest BCUT2D eigenvalue weighted by atomic mass is 16.5. The third-order valence-electron chi connectivity index (χ3n) is 4.56. The van der Waals surface area contributed by atoms with Crippen molar-refractivity contribution in [2.75, 3.05) is 7.11 Å². The second-order valence-corrected chi connectivity index (χ2v) is 6.43. The highest BCUT2D eigenvalue weighted by Gasteiger charge is 2.13. The van der Waals surface area contributed by atoms with Gasteiger partial charge < -0.3 is 10.1 Å². The van der Waals surface area contributed by atoms with Gasteiger partial charge in [-0.15, -0.1) is 0 Å². The zero-order valence-corrected chi connectivity index (χ0v) is 15.8. The van der Waals surface area contributed by atoms with Gasteiger partial charge in [-0.3, -0.25) is 4.79 Å². The number of methoxy groups -OCH3 is 1. The molecule has 0 saturated carbocycles. The summed E-state index contributed by atoms with van der Waals surface area (Å²) in [5, 5.41) is 7.50. The van der Waals surface area contributed by atoms with Gasteiger partial charge in [-0.05, 0) is 48.2 Å². The molecular formula is C22H25N3O2. The molecule has 5 heteroatoms. The quantitative estimate of drug-likeness (QED) is 0.656. The van der Waals surface area contributed by atoms with Gasteiger partial charge in [-0.2, -0.15) is 5.10 Å². The maximum Gasteiger partial charge on any atom is 0.220 e. The second-order valence-electron chi connectivity index (χ2n) is 6.43. The molecule has 0 bridgehead atoms. The molecule has 1 N–H and O–H groups in total. The van der Waals surface area contributed by atoms with E-state index in [1.165, 1.54) is 0 Å². The van der Waals surface area contributed by atoms with Crippen molar-refractivity contribution in [1.82, 2.24) is 15.1 Å². The maximum absolute atomic E-state index is 12.4. The number of para-hydroxylation sites is 1. The van der Waals surface area contributed by atoms with Gasteiger partial charge in [0, 0.05) is 12.6 Å². The van der Waals surface area contributed by atoms with Crippen LogP contribution < -0.4 is 10.1 Å². The van der Waals surface area contributed by atoms with E-state index in [2.05, 4.69) is 17.3 Å². The molecule has 27 heavy (non-hydrogen) atoms. The van der Waals surface area contributed by atoms with Crippen molar-refractivity contribution in [2.45, 2.75) is 32.2 Å². The average molecular weight is 363 g/mol. The number of benzene rings is 2. The number of carbonyl (C=O) groups is 1. The van der Waals surface area contributed by atoms with Crippen molar-refractivity contribution in [3.8, 4) is 11.4 Å². The van der Waals surface area contributed by atoms with Crippen LogP contribution in [-0.2, 0) is 11.2 Å². The lowest BCUT2D eigenvalue weighted by molar-refractivity contribution is -0.121. The lowest BCUT2D eigenvalue weighted by Gasteiger charge is -2.17. The lowest BCUT2D eigenvalue weighted by Crippen LogP contribution is -2.28. The topological polar surface area (TPSA) is 56.2 Å². The smallest absolute Gasteiger partial charge is 0.220 e. The van der Waals surface area contributed by atoms with Gasteiger partial charge in [0.2, 0.25) is 5.91 Å². The molecule has 0 spiro atoms. The third kappa shape index (κ3) is 4.97. The molecule has 3 aromatic rings. The first-order chi connectivity index (χ1) is 13.2. The summed E-state index contributed by atoms with van der Waals surface area (Å²) in [7, 11) is 1.65. The van der Waals surface area contributed by atoms with E-state index in [1.54, 1.807) is 7.11 Å². The molecule has 5 nitrogen and oxygen atoms in total. The van der Waals surface area contributed by atoms with Gasteiger partial charge in [0.05, 0.1) is 25.0 Å². The molecule has 140 valence electrons. The standard InChI is InChI=1S/C22H25N3O2/c1-3-21(18-10-12-20(27-2)13-11-18)24-22(26)14-9-17-15-23-25(16-17)19-7-5-4-6-8-19/h4-8,10-13,15-16,21H,3,9,14H2,1-2H3,(H,24,26). The van der Waals surface area contributed by atoms with Crippen LogP contribution in [0.3, 0.4) is 0 Å². The molecule has 0 fully saturated rings. The van der Waals surface area contributed by atoms with Crippen molar-refractivity contribution in [1.29, 1.82) is 0 Å². The van der Waals surface area contributed by atoms with E-state index in [1.807, 2.05) is 71.7 Å². The van der Waals surface area contributed by atoms with Crippen LogP contribution in [0.2, 0.25) is 0 Å². The Morgan fingerprint density at radius 1 is 1.15 bits per heavy atom. The molecule has 1 unspecified atom stereocenters. The highest BCUT2D eigenvalue weighted by molar-refractivity contribution is 5.76. The first kappa shape index (κ1) is 18.7. The number of ether oxygens (including phenoxy) is 1. The Hall–Kier alpha value is -3.08. The van der Waals surface area contributed by atoms with E-state index in [-0.39, 0.29) is 11.9 Å². The molecule has 1 atom stereocenters. The minimum absolute atomic E-state index is 0.00967. The van der Waals surface area contributed by atoms with Crippen molar-refractivity contribution in [3.63, 3.8) is 0 Å². The zero-order valence-electron chi connectivity index (χ0n) is 15.8. The fourth-order valence-corrected chi connectivity index (χ4v) is 2.99. The molecule has 1 amide bonds. The van der Waals surface area contributed by atoms with Crippen molar-refractivity contribution >= 4 is 5.91 Å². The Balaban J connectivity index is 1.55. The van der Waals surface area contributed by atoms with E-state index in [0.717, 1.165) is 29.0 Å². The fourth-order valence-electron chi connectivity index (χ4n) is 2.99. The van der Waals surface area contributed by atoms with Crippen molar-refractivity contribution in [2.24, 2.45) is 0 Å². The van der Waals surface area contributed by atoms with Crippen LogP contribution >= 0.6 is 0 Å². The number of nitrogens with zero attached hydrogens (tertiary/aromatic N) is 2. The Labute approximate surface area is 160 Å². The van der Waals surface area contributed by atoms with E-state index < -0.39 is 0 Å². The van der Waals surface area contributed by atoms with E-state index in [4.69, 9.17) is 4.74 Å². The number of aromatic nitrogens is 2. The predicted octanol–water partition coefficient (Wildman–Crippen LogP) is 4.08. The second kappa shape index (κ2) is 9.03. The summed E-state index contributed by atoms with van der Waals surface area (Å²) in [6.07, 6.45) is 5.74. The highest BCUT2D eigenvalue weighted by Crippen LogP contribution is 2.20. The number of nitrogens with one attached hydrogen (secondary N) is 1. The number of amides is 1. The Bertz CT molecular complexity index is 857. The summed E-state index contributed by atoms with van der Waals surface area (Å²) in [5.74, 6) is 0.862. The number of rotatable bonds is 8. The van der Waals surface area contributed by atoms with Crippen LogP contribution in [0.5, 0.6) is 5.75 Å². The SMILES string of the molecule is CCC(NC(=O)CCc1cnn(-c2ccccc2)c1)c1ccc(OC)cc1. The fraction of sp³-hybridized carbons (Fsp3) is 0.273. The van der Waals surface area contributed by atoms with E-state index >= 15 is 0 Å². The monoisotopic (exact) mass is 363 g/mol. The van der Waals surface area contributed by atoms with Gasteiger partial charge >= 0.3 is 0 Å². The van der Waals surface area contributed by atoms with Crippen LogP contribution in [0.15, 0.2) is 67.0 Å². The number of hydrogen-bond donors (Lipinski definition) is 1. The van der Waals surface area contributed by atoms with Crippen molar-refractivity contribution < 1.29 is 9.53 Å². The normalized spacial score (nSPS) is 11.8. The Kier molecular flexibility index (Phi) is 6.26. The van der Waals surface area contributed by atoms with Gasteiger partial charge in [0.1, 0.15) is 5.75 Å². The summed E-state index contributed by atoms with van der Waals surface area (Å²) in [6.45, 7) is 2.07. The molecule has 0 aliphatic rings. The molecule has 1 heterocycles. The Morgan fingerprint density at radius 2 is 1.89 bits per heavy atom. The van der Waals surface area contributed by atoms with Crippen LogP contribution in [0.1, 0.15) is 36.9 Å². The molecule has 0 saturated heterocycles. The van der Waals surface area contributed by atoms with Crippen LogP contribution in [0.25, 0.3) is 5.69 Å². The van der Waals surface area contributed by atoms with Gasteiger partial charge in [-0.1, -0.05) is 37.3 Å². The zero-order chi connectivity index (χ0) is 19.1. The molecule has 1 aromatic heterocycles. The minimum atomic E-state index is 0.00967. The van der Waals surface area contributed by atoms with E-state index in [0.29, 0.717) is 12.8 Å². The predicted molar refractivity (Wildman–Crippen MR) is 106 cm³/mol. The van der Waals surface area contributed by atoms with Gasteiger partial charge in [0.25, 0.3) is 0 Å². The summed E-state index contributed by atoms with van der Waals surface area (Å²) in [4.78, 5) is 12.4. The molecule has 2 aromatic carbocycles. The average Bonchev–Trinajstić information content (AvgIpc) is 3.20. The van der Waals surface area contributed by atoms with E-state index in [9.17, 15) is 4.79 Å². The van der Waals surface area contributed by atoms with Gasteiger partial charge in [0.15, 0.2) is 0 Å². The summed E-state index contributed by atoms with van der Waals surface area (Å²) < 4.78 is 7.02. The van der Waals surface area contributed by atoms with Crippen molar-refractivity contribution in [3.05, 3.63) is 78.1 Å². The first-order valence-electron chi connectivity index (χ1n) is 9.22. The van der Waals surface area contributed by atoms with Crippen LogP contribution in [-0.4, -0.2) is 22.8 Å². The molecular weight excluding hydrogens is 338 g/mol. The Morgan fingerprint density at radius 3 is 2.56 bits per heavy atom. The van der Waals surface area contributed by atoms with Crippen LogP contribution in [0, 0.1) is 0 Å². The molecule has 0 radical (unpaired) electrons. The van der Waals surface area contributed by atoms with Crippen LogP contribution in [0.4, 0.5) is 0 Å². The lowest BCUT2D eigenvalue weighted by atomic mass is 10.0.